The monoisotopic (exact) mass is 409 g/mol. The van der Waals surface area contributed by atoms with Gasteiger partial charge in [-0.2, -0.15) is 0 Å². The Morgan fingerprint density at radius 1 is 1.27 bits per heavy atom. The zero-order chi connectivity index (χ0) is 21.7. The number of carbonyl (C=O) groups excluding carboxylic acids is 2. The molecule has 1 atom stereocenters. The maximum Gasteiger partial charge on any atom is 0.269 e. The summed E-state index contributed by atoms with van der Waals surface area (Å²) >= 11 is 0. The van der Waals surface area contributed by atoms with E-state index >= 15 is 0 Å². The predicted molar refractivity (Wildman–Crippen MR) is 115 cm³/mol. The van der Waals surface area contributed by atoms with E-state index in [1.807, 2.05) is 0 Å². The minimum Gasteiger partial charge on any atom is -0.479 e. The van der Waals surface area contributed by atoms with Crippen molar-refractivity contribution in [3.63, 3.8) is 0 Å². The van der Waals surface area contributed by atoms with Crippen LogP contribution in [0, 0.1) is 10.1 Å². The summed E-state index contributed by atoms with van der Waals surface area (Å²) in [6.07, 6.45) is 4.20. The number of nitro benzene ring substituents is 1. The highest BCUT2D eigenvalue weighted by Gasteiger charge is 2.31. The number of hydrogen-bond donors (Lipinski definition) is 1. The van der Waals surface area contributed by atoms with Gasteiger partial charge in [-0.05, 0) is 55.3 Å². The second kappa shape index (κ2) is 9.21. The van der Waals surface area contributed by atoms with Crippen molar-refractivity contribution in [1.29, 1.82) is 0 Å². The van der Waals surface area contributed by atoms with Crippen LogP contribution in [0.2, 0.25) is 0 Å². The smallest absolute Gasteiger partial charge is 0.269 e. The molecule has 3 rings (SSSR count). The highest BCUT2D eigenvalue weighted by molar-refractivity contribution is 6.04. The van der Waals surface area contributed by atoms with Gasteiger partial charge in [0.1, 0.15) is 5.75 Å². The molecule has 1 aliphatic heterocycles. The van der Waals surface area contributed by atoms with Crippen molar-refractivity contribution in [3.8, 4) is 5.75 Å². The normalized spacial score (nSPS) is 15.6. The van der Waals surface area contributed by atoms with Crippen LogP contribution in [-0.4, -0.2) is 29.4 Å². The lowest BCUT2D eigenvalue weighted by atomic mass is 10.1. The van der Waals surface area contributed by atoms with E-state index in [1.165, 1.54) is 18.2 Å². The van der Waals surface area contributed by atoms with Crippen LogP contribution in [-0.2, 0) is 9.59 Å². The summed E-state index contributed by atoms with van der Waals surface area (Å²) in [6.45, 7) is 4.37. The second-order valence-electron chi connectivity index (χ2n) is 6.96. The lowest BCUT2D eigenvalue weighted by Crippen LogP contribution is -2.44. The highest BCUT2D eigenvalue weighted by atomic mass is 16.6. The Bertz CT molecular complexity index is 985. The van der Waals surface area contributed by atoms with Crippen molar-refractivity contribution in [2.24, 2.45) is 0 Å². The van der Waals surface area contributed by atoms with Crippen LogP contribution in [0.5, 0.6) is 5.75 Å². The quantitative estimate of drug-likeness (QED) is 0.420. The standard InChI is InChI=1S/C22H23N3O5/c1-3-4-13-24-19-14-17(8-11-20(19)30-15(2)22(24)27)23-21(26)12-7-16-5-9-18(10-6-16)25(28)29/h5-12,14-15H,3-4,13H2,1-2H3,(H,23,26)/b12-7+. The predicted octanol–water partition coefficient (Wildman–Crippen LogP) is 4.16. The van der Waals surface area contributed by atoms with Crippen molar-refractivity contribution >= 4 is 35.0 Å². The Hall–Kier alpha value is -3.68. The molecule has 0 saturated carbocycles. The number of hydrogen-bond acceptors (Lipinski definition) is 5. The maximum atomic E-state index is 12.5. The van der Waals surface area contributed by atoms with E-state index in [1.54, 1.807) is 48.2 Å². The van der Waals surface area contributed by atoms with E-state index in [2.05, 4.69) is 12.2 Å². The van der Waals surface area contributed by atoms with Crippen LogP contribution in [0.4, 0.5) is 17.1 Å². The Kier molecular flexibility index (Phi) is 6.46. The molecule has 2 aromatic rings. The van der Waals surface area contributed by atoms with Crippen LogP contribution < -0.4 is 15.0 Å². The number of benzene rings is 2. The number of non-ortho nitro benzene ring substituents is 1. The molecule has 0 aliphatic carbocycles. The Labute approximate surface area is 174 Å². The van der Waals surface area contributed by atoms with Gasteiger partial charge in [-0.1, -0.05) is 13.3 Å². The number of carbonyl (C=O) groups is 2. The average Bonchev–Trinajstić information content (AvgIpc) is 2.73. The summed E-state index contributed by atoms with van der Waals surface area (Å²) in [5.41, 5.74) is 1.84. The maximum absolute atomic E-state index is 12.5. The average molecular weight is 409 g/mol. The van der Waals surface area contributed by atoms with Crippen LogP contribution in [0.15, 0.2) is 48.5 Å². The number of ether oxygens (including phenoxy) is 1. The number of unbranched alkanes of at least 4 members (excludes halogenated alkanes) is 1. The number of anilines is 2. The van der Waals surface area contributed by atoms with Crippen LogP contribution in [0.1, 0.15) is 32.3 Å². The summed E-state index contributed by atoms with van der Waals surface area (Å²) in [7, 11) is 0. The molecule has 2 aromatic carbocycles. The Morgan fingerprint density at radius 3 is 2.67 bits per heavy atom. The molecule has 0 fully saturated rings. The molecule has 1 heterocycles. The minimum atomic E-state index is -0.542. The Balaban J connectivity index is 1.72. The molecule has 2 amide bonds. The van der Waals surface area contributed by atoms with Crippen molar-refractivity contribution in [2.45, 2.75) is 32.8 Å². The van der Waals surface area contributed by atoms with Crippen LogP contribution in [0.25, 0.3) is 6.08 Å². The minimum absolute atomic E-state index is 0.00984. The van der Waals surface area contributed by atoms with Gasteiger partial charge < -0.3 is 15.0 Å². The molecule has 1 aliphatic rings. The van der Waals surface area contributed by atoms with E-state index in [0.29, 0.717) is 29.2 Å². The third-order valence-electron chi connectivity index (χ3n) is 4.70. The fraction of sp³-hybridized carbons (Fsp3) is 0.273. The first-order valence-corrected chi connectivity index (χ1v) is 9.74. The fourth-order valence-corrected chi connectivity index (χ4v) is 3.09. The number of amides is 2. The van der Waals surface area contributed by atoms with Gasteiger partial charge in [0.25, 0.3) is 11.6 Å². The number of rotatable bonds is 7. The number of fused-ring (bicyclic) bond motifs is 1. The lowest BCUT2D eigenvalue weighted by Gasteiger charge is -2.33. The van der Waals surface area contributed by atoms with Gasteiger partial charge in [0, 0.05) is 30.4 Å². The first kappa shape index (κ1) is 21.0. The zero-order valence-corrected chi connectivity index (χ0v) is 16.8. The van der Waals surface area contributed by atoms with Gasteiger partial charge in [-0.3, -0.25) is 19.7 Å². The summed E-state index contributed by atoms with van der Waals surface area (Å²) in [6, 6.07) is 11.1. The molecule has 0 bridgehead atoms. The van der Waals surface area contributed by atoms with E-state index < -0.39 is 11.0 Å². The van der Waals surface area contributed by atoms with E-state index in [4.69, 9.17) is 4.74 Å². The van der Waals surface area contributed by atoms with Crippen molar-refractivity contribution < 1.29 is 19.2 Å². The van der Waals surface area contributed by atoms with Crippen LogP contribution in [0.3, 0.4) is 0 Å². The Morgan fingerprint density at radius 2 is 2.00 bits per heavy atom. The lowest BCUT2D eigenvalue weighted by molar-refractivity contribution is -0.384. The molecule has 0 saturated heterocycles. The largest absolute Gasteiger partial charge is 0.479 e. The molecule has 156 valence electrons. The van der Waals surface area contributed by atoms with Gasteiger partial charge >= 0.3 is 0 Å². The highest BCUT2D eigenvalue weighted by Crippen LogP contribution is 2.36. The van der Waals surface area contributed by atoms with Crippen molar-refractivity contribution in [3.05, 3.63) is 64.2 Å². The number of nitrogens with zero attached hydrogens (tertiary/aromatic N) is 2. The molecule has 30 heavy (non-hydrogen) atoms. The molecule has 0 radical (unpaired) electrons. The molecule has 0 aromatic heterocycles. The molecule has 0 spiro atoms. The topological polar surface area (TPSA) is 102 Å². The van der Waals surface area contributed by atoms with Crippen molar-refractivity contribution in [2.75, 3.05) is 16.8 Å². The molecule has 8 nitrogen and oxygen atoms in total. The number of nitro groups is 1. The fourth-order valence-electron chi connectivity index (χ4n) is 3.09. The van der Waals surface area contributed by atoms with Gasteiger partial charge in [0.15, 0.2) is 6.10 Å². The molecular weight excluding hydrogens is 386 g/mol. The van der Waals surface area contributed by atoms with E-state index in [9.17, 15) is 19.7 Å². The zero-order valence-electron chi connectivity index (χ0n) is 16.8. The third-order valence-corrected chi connectivity index (χ3v) is 4.70. The summed E-state index contributed by atoms with van der Waals surface area (Å²) < 4.78 is 5.68. The van der Waals surface area contributed by atoms with Crippen molar-refractivity contribution in [1.82, 2.24) is 0 Å². The summed E-state index contributed by atoms with van der Waals surface area (Å²) in [5.74, 6) is 0.153. The molecular formula is C22H23N3O5. The van der Waals surface area contributed by atoms with Gasteiger partial charge in [-0.15, -0.1) is 0 Å². The van der Waals surface area contributed by atoms with Gasteiger partial charge in [0.2, 0.25) is 5.91 Å². The second-order valence-corrected chi connectivity index (χ2v) is 6.96. The number of nitrogens with one attached hydrogen (secondary N) is 1. The van der Waals surface area contributed by atoms with Gasteiger partial charge in [0.05, 0.1) is 10.6 Å². The molecule has 1 unspecified atom stereocenters. The van der Waals surface area contributed by atoms with E-state index in [-0.39, 0.29) is 17.5 Å². The first-order valence-electron chi connectivity index (χ1n) is 9.74. The molecule has 1 N–H and O–H groups in total. The van der Waals surface area contributed by atoms with E-state index in [0.717, 1.165) is 12.8 Å². The summed E-state index contributed by atoms with van der Waals surface area (Å²) in [4.78, 5) is 36.7. The summed E-state index contributed by atoms with van der Waals surface area (Å²) in [5, 5.41) is 13.5. The SMILES string of the molecule is CCCCN1C(=O)C(C)Oc2ccc(NC(=O)/C=C/c3ccc([N+](=O)[O-])cc3)cc21. The van der Waals surface area contributed by atoms with Gasteiger partial charge in [-0.25, -0.2) is 0 Å². The first-order chi connectivity index (χ1) is 14.4. The third kappa shape index (κ3) is 4.83. The van der Waals surface area contributed by atoms with Crippen LogP contribution >= 0.6 is 0 Å². The molecule has 8 heteroatoms.